The Hall–Kier alpha value is -0.910. The van der Waals surface area contributed by atoms with Crippen LogP contribution in [0.15, 0.2) is 35.2 Å². The lowest BCUT2D eigenvalue weighted by Gasteiger charge is -2.44. The second-order valence-corrected chi connectivity index (χ2v) is 9.00. The number of sulfonamides is 1. The standard InChI is InChI=1S/C17H24N2O2S/c20-22(21,16-8-2-1-3-9-16)19-12-15-11-18(17(15)13-19)10-14-6-4-5-7-14/h1-3,8-9,14-15,17H,4-7,10-13H2/t15-,17+/m0/s1. The molecule has 2 heterocycles. The summed E-state index contributed by atoms with van der Waals surface area (Å²) in [6.45, 7) is 3.64. The van der Waals surface area contributed by atoms with Crippen molar-refractivity contribution in [3.05, 3.63) is 30.3 Å². The van der Waals surface area contributed by atoms with E-state index >= 15 is 0 Å². The monoisotopic (exact) mass is 320 g/mol. The molecule has 22 heavy (non-hydrogen) atoms. The Labute approximate surface area is 133 Å². The Morgan fingerprint density at radius 2 is 1.73 bits per heavy atom. The molecule has 1 aliphatic carbocycles. The predicted molar refractivity (Wildman–Crippen MR) is 86.0 cm³/mol. The van der Waals surface area contributed by atoms with Crippen LogP contribution in [-0.4, -0.2) is 49.8 Å². The van der Waals surface area contributed by atoms with E-state index in [2.05, 4.69) is 4.90 Å². The molecule has 0 N–H and O–H groups in total. The maximum atomic E-state index is 12.7. The van der Waals surface area contributed by atoms with Gasteiger partial charge in [0, 0.05) is 38.1 Å². The van der Waals surface area contributed by atoms with Crippen molar-refractivity contribution in [3.63, 3.8) is 0 Å². The van der Waals surface area contributed by atoms with E-state index in [1.54, 1.807) is 28.6 Å². The largest absolute Gasteiger partial charge is 0.298 e. The fourth-order valence-electron chi connectivity index (χ4n) is 4.38. The first-order chi connectivity index (χ1) is 10.6. The summed E-state index contributed by atoms with van der Waals surface area (Å²) < 4.78 is 27.1. The molecular weight excluding hydrogens is 296 g/mol. The molecule has 0 amide bonds. The Kier molecular flexibility index (Phi) is 3.75. The summed E-state index contributed by atoms with van der Waals surface area (Å²) >= 11 is 0. The van der Waals surface area contributed by atoms with Gasteiger partial charge in [0.2, 0.25) is 10.0 Å². The topological polar surface area (TPSA) is 40.6 Å². The highest BCUT2D eigenvalue weighted by atomic mass is 32.2. The summed E-state index contributed by atoms with van der Waals surface area (Å²) in [5.41, 5.74) is 0. The van der Waals surface area contributed by atoms with E-state index in [0.29, 0.717) is 29.9 Å². The molecule has 2 aliphatic heterocycles. The highest BCUT2D eigenvalue weighted by molar-refractivity contribution is 7.89. The van der Waals surface area contributed by atoms with Crippen LogP contribution in [-0.2, 0) is 10.0 Å². The zero-order chi connectivity index (χ0) is 15.2. The van der Waals surface area contributed by atoms with Crippen molar-refractivity contribution >= 4 is 10.0 Å². The highest BCUT2D eigenvalue weighted by Gasteiger charge is 2.49. The van der Waals surface area contributed by atoms with Crippen LogP contribution in [0.4, 0.5) is 0 Å². The molecule has 1 aromatic rings. The zero-order valence-corrected chi connectivity index (χ0v) is 13.7. The van der Waals surface area contributed by atoms with Crippen molar-refractivity contribution in [2.24, 2.45) is 11.8 Å². The second kappa shape index (κ2) is 5.62. The molecule has 0 unspecified atom stereocenters. The van der Waals surface area contributed by atoms with Crippen molar-refractivity contribution in [1.29, 1.82) is 0 Å². The molecule has 2 saturated heterocycles. The first-order valence-electron chi connectivity index (χ1n) is 8.44. The molecule has 5 heteroatoms. The molecule has 0 radical (unpaired) electrons. The summed E-state index contributed by atoms with van der Waals surface area (Å²) in [5, 5.41) is 0. The molecule has 1 saturated carbocycles. The van der Waals surface area contributed by atoms with E-state index in [0.717, 1.165) is 12.5 Å². The van der Waals surface area contributed by atoms with Crippen LogP contribution in [0.5, 0.6) is 0 Å². The van der Waals surface area contributed by atoms with Crippen molar-refractivity contribution < 1.29 is 8.42 Å². The molecule has 3 fully saturated rings. The molecular formula is C17H24N2O2S. The lowest BCUT2D eigenvalue weighted by molar-refractivity contribution is 0.0365. The van der Waals surface area contributed by atoms with Gasteiger partial charge in [0.15, 0.2) is 0 Å². The summed E-state index contributed by atoms with van der Waals surface area (Å²) in [7, 11) is -3.31. The van der Waals surface area contributed by atoms with Crippen LogP contribution in [0.3, 0.4) is 0 Å². The average Bonchev–Trinajstić information content (AvgIpc) is 3.13. The molecule has 120 valence electrons. The molecule has 4 nitrogen and oxygen atoms in total. The second-order valence-electron chi connectivity index (χ2n) is 7.07. The Morgan fingerprint density at radius 1 is 1.00 bits per heavy atom. The van der Waals surface area contributed by atoms with Crippen LogP contribution in [0.2, 0.25) is 0 Å². The fourth-order valence-corrected chi connectivity index (χ4v) is 5.92. The summed E-state index contributed by atoms with van der Waals surface area (Å²) in [4.78, 5) is 2.96. The first-order valence-corrected chi connectivity index (χ1v) is 9.88. The van der Waals surface area contributed by atoms with Gasteiger partial charge in [0.05, 0.1) is 4.90 Å². The van der Waals surface area contributed by atoms with Gasteiger partial charge in [-0.05, 0) is 30.9 Å². The van der Waals surface area contributed by atoms with Gasteiger partial charge in [-0.3, -0.25) is 4.90 Å². The van der Waals surface area contributed by atoms with E-state index in [9.17, 15) is 8.42 Å². The number of likely N-dealkylation sites (tertiary alicyclic amines) is 1. The van der Waals surface area contributed by atoms with Gasteiger partial charge in [-0.25, -0.2) is 8.42 Å². The van der Waals surface area contributed by atoms with Crippen LogP contribution >= 0.6 is 0 Å². The van der Waals surface area contributed by atoms with Gasteiger partial charge >= 0.3 is 0 Å². The fraction of sp³-hybridized carbons (Fsp3) is 0.647. The van der Waals surface area contributed by atoms with Gasteiger partial charge in [0.1, 0.15) is 0 Å². The van der Waals surface area contributed by atoms with Gasteiger partial charge in [-0.1, -0.05) is 31.0 Å². The molecule has 2 atom stereocenters. The number of hydrogen-bond donors (Lipinski definition) is 0. The summed E-state index contributed by atoms with van der Waals surface area (Å²) in [5.74, 6) is 1.39. The molecule has 0 bridgehead atoms. The minimum atomic E-state index is -3.31. The summed E-state index contributed by atoms with van der Waals surface area (Å²) in [6, 6.07) is 9.31. The maximum absolute atomic E-state index is 12.7. The third-order valence-electron chi connectivity index (χ3n) is 5.66. The number of benzene rings is 1. The van der Waals surface area contributed by atoms with Crippen LogP contribution in [0.1, 0.15) is 25.7 Å². The van der Waals surface area contributed by atoms with Crippen molar-refractivity contribution in [2.45, 2.75) is 36.6 Å². The van der Waals surface area contributed by atoms with E-state index in [1.807, 2.05) is 6.07 Å². The zero-order valence-electron chi connectivity index (χ0n) is 12.9. The number of rotatable bonds is 4. The Bertz CT molecular complexity index is 625. The third kappa shape index (κ3) is 2.49. The van der Waals surface area contributed by atoms with E-state index in [-0.39, 0.29) is 0 Å². The van der Waals surface area contributed by atoms with E-state index in [4.69, 9.17) is 0 Å². The maximum Gasteiger partial charge on any atom is 0.243 e. The normalized spacial score (nSPS) is 30.4. The number of fused-ring (bicyclic) bond motifs is 1. The van der Waals surface area contributed by atoms with E-state index < -0.39 is 10.0 Å². The van der Waals surface area contributed by atoms with Gasteiger partial charge < -0.3 is 0 Å². The minimum Gasteiger partial charge on any atom is -0.298 e. The van der Waals surface area contributed by atoms with Crippen molar-refractivity contribution in [3.8, 4) is 0 Å². The molecule has 4 rings (SSSR count). The quantitative estimate of drug-likeness (QED) is 0.854. The Balaban J connectivity index is 1.42. The minimum absolute atomic E-state index is 0.429. The molecule has 0 aromatic heterocycles. The third-order valence-corrected chi connectivity index (χ3v) is 7.51. The average molecular weight is 320 g/mol. The first kappa shape index (κ1) is 14.7. The smallest absolute Gasteiger partial charge is 0.243 e. The van der Waals surface area contributed by atoms with Crippen molar-refractivity contribution in [2.75, 3.05) is 26.2 Å². The number of nitrogens with zero attached hydrogens (tertiary/aromatic N) is 2. The number of hydrogen-bond acceptors (Lipinski definition) is 3. The molecule has 3 aliphatic rings. The highest BCUT2D eigenvalue weighted by Crippen LogP contribution is 2.37. The van der Waals surface area contributed by atoms with Gasteiger partial charge in [-0.2, -0.15) is 4.31 Å². The predicted octanol–water partition coefficient (Wildman–Crippen LogP) is 2.18. The Morgan fingerprint density at radius 3 is 2.45 bits per heavy atom. The van der Waals surface area contributed by atoms with Crippen LogP contribution in [0.25, 0.3) is 0 Å². The van der Waals surface area contributed by atoms with E-state index in [1.165, 1.54) is 32.2 Å². The van der Waals surface area contributed by atoms with Crippen molar-refractivity contribution in [1.82, 2.24) is 9.21 Å². The van der Waals surface area contributed by atoms with Gasteiger partial charge in [0.25, 0.3) is 0 Å². The molecule has 1 aromatic carbocycles. The van der Waals surface area contributed by atoms with Crippen LogP contribution < -0.4 is 0 Å². The lowest BCUT2D eigenvalue weighted by Crippen LogP contribution is -2.56. The summed E-state index contributed by atoms with van der Waals surface area (Å²) in [6.07, 6.45) is 5.47. The van der Waals surface area contributed by atoms with Gasteiger partial charge in [-0.15, -0.1) is 0 Å². The SMILES string of the molecule is O=S(=O)(c1ccccc1)N1C[C@@H]2CN(CC3CCCC3)[C@@H]2C1. The molecule has 0 spiro atoms. The lowest BCUT2D eigenvalue weighted by atomic mass is 9.90. The van der Waals surface area contributed by atoms with Crippen LogP contribution in [0, 0.1) is 11.8 Å².